The van der Waals surface area contributed by atoms with Gasteiger partial charge in [0, 0.05) is 12.6 Å². The Morgan fingerprint density at radius 2 is 2.09 bits per heavy atom. The zero-order valence-corrected chi connectivity index (χ0v) is 12.9. The molecule has 1 amide bonds. The number of amides is 1. The molecular formula is C17H18FN3O2. The molecule has 2 heterocycles. The molecule has 5 nitrogen and oxygen atoms in total. The molecule has 1 aliphatic heterocycles. The van der Waals surface area contributed by atoms with Crippen LogP contribution in [0.5, 0.6) is 5.88 Å². The number of benzene rings is 1. The summed E-state index contributed by atoms with van der Waals surface area (Å²) in [6.07, 6.45) is 1.48. The van der Waals surface area contributed by atoms with Crippen LogP contribution in [-0.4, -0.2) is 40.2 Å². The number of aryl methyl sites for hydroxylation is 1. The van der Waals surface area contributed by atoms with Crippen molar-refractivity contribution in [3.63, 3.8) is 0 Å². The summed E-state index contributed by atoms with van der Waals surface area (Å²) in [6.45, 7) is 2.88. The van der Waals surface area contributed by atoms with Gasteiger partial charge in [0.1, 0.15) is 11.9 Å². The van der Waals surface area contributed by atoms with Crippen LogP contribution < -0.4 is 4.74 Å². The summed E-state index contributed by atoms with van der Waals surface area (Å²) in [6, 6.07) is 9.63. The lowest BCUT2D eigenvalue weighted by Gasteiger charge is -2.32. The largest absolute Gasteiger partial charge is 0.471 e. The topological polar surface area (TPSA) is 55.3 Å². The summed E-state index contributed by atoms with van der Waals surface area (Å²) in [4.78, 5) is 14.1. The van der Waals surface area contributed by atoms with Crippen LogP contribution in [0.1, 0.15) is 28.9 Å². The van der Waals surface area contributed by atoms with E-state index in [2.05, 4.69) is 10.2 Å². The van der Waals surface area contributed by atoms with E-state index in [0.717, 1.165) is 18.5 Å². The molecule has 0 radical (unpaired) electrons. The van der Waals surface area contributed by atoms with E-state index in [0.29, 0.717) is 19.0 Å². The summed E-state index contributed by atoms with van der Waals surface area (Å²) in [5.41, 5.74) is 0.917. The van der Waals surface area contributed by atoms with Crippen LogP contribution in [0.2, 0.25) is 0 Å². The molecule has 23 heavy (non-hydrogen) atoms. The molecule has 0 aliphatic carbocycles. The lowest BCUT2D eigenvalue weighted by molar-refractivity contribution is 0.0521. The normalized spacial score (nSPS) is 17.8. The van der Waals surface area contributed by atoms with Crippen LogP contribution >= 0.6 is 0 Å². The van der Waals surface area contributed by atoms with Gasteiger partial charge in [-0.15, -0.1) is 5.10 Å². The number of piperidine rings is 1. The molecule has 0 spiro atoms. The first-order valence-corrected chi connectivity index (χ1v) is 7.64. The number of carbonyl (C=O) groups is 1. The third kappa shape index (κ3) is 3.64. The number of ether oxygens (including phenoxy) is 1. The number of nitrogens with zero attached hydrogens (tertiary/aromatic N) is 3. The molecule has 1 atom stereocenters. The van der Waals surface area contributed by atoms with Crippen LogP contribution in [-0.2, 0) is 0 Å². The van der Waals surface area contributed by atoms with Crippen molar-refractivity contribution in [3.8, 4) is 5.88 Å². The van der Waals surface area contributed by atoms with Gasteiger partial charge in [-0.1, -0.05) is 12.1 Å². The standard InChI is InChI=1S/C17H18FN3O2/c1-12-8-9-16(20-19-12)23-13-5-4-10-21(11-13)17(22)14-6-2-3-7-15(14)18/h2-3,6-9,13H,4-5,10-11H2,1H3. The van der Waals surface area contributed by atoms with Gasteiger partial charge in [-0.05, 0) is 38.0 Å². The minimum Gasteiger partial charge on any atom is -0.471 e. The zero-order valence-electron chi connectivity index (χ0n) is 12.9. The summed E-state index contributed by atoms with van der Waals surface area (Å²) in [7, 11) is 0. The predicted molar refractivity (Wildman–Crippen MR) is 82.7 cm³/mol. The molecule has 1 unspecified atom stereocenters. The molecule has 3 rings (SSSR count). The molecule has 6 heteroatoms. The molecule has 0 saturated carbocycles. The van der Waals surface area contributed by atoms with Crippen LogP contribution in [0.3, 0.4) is 0 Å². The zero-order chi connectivity index (χ0) is 16.2. The van der Waals surface area contributed by atoms with E-state index in [4.69, 9.17) is 4.74 Å². The minimum atomic E-state index is -0.495. The fourth-order valence-electron chi connectivity index (χ4n) is 2.64. The molecule has 1 fully saturated rings. The number of rotatable bonds is 3. The molecule has 120 valence electrons. The minimum absolute atomic E-state index is 0.100. The van der Waals surface area contributed by atoms with Crippen molar-refractivity contribution in [2.45, 2.75) is 25.9 Å². The van der Waals surface area contributed by atoms with Gasteiger partial charge in [-0.25, -0.2) is 4.39 Å². The van der Waals surface area contributed by atoms with Gasteiger partial charge in [0.05, 0.1) is 17.8 Å². The second-order valence-electron chi connectivity index (χ2n) is 5.63. The van der Waals surface area contributed by atoms with Crippen molar-refractivity contribution in [1.29, 1.82) is 0 Å². The highest BCUT2D eigenvalue weighted by Gasteiger charge is 2.27. The van der Waals surface area contributed by atoms with E-state index in [9.17, 15) is 9.18 Å². The molecule has 0 bridgehead atoms. The van der Waals surface area contributed by atoms with Crippen molar-refractivity contribution < 1.29 is 13.9 Å². The van der Waals surface area contributed by atoms with E-state index >= 15 is 0 Å². The van der Waals surface area contributed by atoms with Crippen LogP contribution in [0.25, 0.3) is 0 Å². The van der Waals surface area contributed by atoms with Gasteiger partial charge in [-0.3, -0.25) is 4.79 Å². The number of hydrogen-bond donors (Lipinski definition) is 0. The Hall–Kier alpha value is -2.50. The van der Waals surface area contributed by atoms with E-state index in [1.165, 1.54) is 12.1 Å². The number of hydrogen-bond acceptors (Lipinski definition) is 4. The van der Waals surface area contributed by atoms with Crippen molar-refractivity contribution in [1.82, 2.24) is 15.1 Å². The Kier molecular flexibility index (Phi) is 4.50. The molecular weight excluding hydrogens is 297 g/mol. The SMILES string of the molecule is Cc1ccc(OC2CCCN(C(=O)c3ccccc3F)C2)nn1. The van der Waals surface area contributed by atoms with Crippen LogP contribution in [0.4, 0.5) is 4.39 Å². The van der Waals surface area contributed by atoms with Crippen molar-refractivity contribution in [3.05, 3.63) is 53.5 Å². The van der Waals surface area contributed by atoms with Gasteiger partial charge in [0.25, 0.3) is 5.91 Å². The van der Waals surface area contributed by atoms with E-state index in [-0.39, 0.29) is 17.6 Å². The fraction of sp³-hybridized carbons (Fsp3) is 0.353. The molecule has 1 aromatic heterocycles. The first kappa shape index (κ1) is 15.4. The highest BCUT2D eigenvalue weighted by molar-refractivity contribution is 5.94. The maximum absolute atomic E-state index is 13.8. The van der Waals surface area contributed by atoms with Crippen molar-refractivity contribution in [2.24, 2.45) is 0 Å². The highest BCUT2D eigenvalue weighted by Crippen LogP contribution is 2.19. The first-order valence-electron chi connectivity index (χ1n) is 7.64. The van der Waals surface area contributed by atoms with Gasteiger partial charge >= 0.3 is 0 Å². The number of aromatic nitrogens is 2. The summed E-state index contributed by atoms with van der Waals surface area (Å²) in [5.74, 6) is -0.350. The highest BCUT2D eigenvalue weighted by atomic mass is 19.1. The Morgan fingerprint density at radius 1 is 1.26 bits per heavy atom. The Bertz CT molecular complexity index is 690. The third-order valence-corrected chi connectivity index (χ3v) is 3.83. The van der Waals surface area contributed by atoms with Gasteiger partial charge in [0.2, 0.25) is 5.88 Å². The van der Waals surface area contributed by atoms with Gasteiger partial charge in [0.15, 0.2) is 0 Å². The van der Waals surface area contributed by atoms with Crippen molar-refractivity contribution in [2.75, 3.05) is 13.1 Å². The monoisotopic (exact) mass is 315 g/mol. The lowest BCUT2D eigenvalue weighted by atomic mass is 10.1. The summed E-state index contributed by atoms with van der Waals surface area (Å²) >= 11 is 0. The van der Waals surface area contributed by atoms with Crippen LogP contribution in [0.15, 0.2) is 36.4 Å². The van der Waals surface area contributed by atoms with E-state index in [1.807, 2.05) is 13.0 Å². The maximum Gasteiger partial charge on any atom is 0.256 e. The van der Waals surface area contributed by atoms with Gasteiger partial charge in [-0.2, -0.15) is 5.10 Å². The average molecular weight is 315 g/mol. The molecule has 0 N–H and O–H groups in total. The fourth-order valence-corrected chi connectivity index (χ4v) is 2.64. The quantitative estimate of drug-likeness (QED) is 0.873. The smallest absolute Gasteiger partial charge is 0.256 e. The Balaban J connectivity index is 1.67. The molecule has 1 aliphatic rings. The Morgan fingerprint density at radius 3 is 2.83 bits per heavy atom. The number of likely N-dealkylation sites (tertiary alicyclic amines) is 1. The second kappa shape index (κ2) is 6.73. The second-order valence-corrected chi connectivity index (χ2v) is 5.63. The number of carbonyl (C=O) groups excluding carboxylic acids is 1. The maximum atomic E-state index is 13.8. The van der Waals surface area contributed by atoms with Gasteiger partial charge < -0.3 is 9.64 Å². The summed E-state index contributed by atoms with van der Waals surface area (Å²) in [5, 5.41) is 7.93. The molecule has 1 aromatic carbocycles. The molecule has 2 aromatic rings. The Labute approximate surface area is 134 Å². The summed E-state index contributed by atoms with van der Waals surface area (Å²) < 4.78 is 19.6. The lowest BCUT2D eigenvalue weighted by Crippen LogP contribution is -2.44. The van der Waals surface area contributed by atoms with E-state index < -0.39 is 5.82 Å². The number of halogens is 1. The van der Waals surface area contributed by atoms with Crippen LogP contribution in [0, 0.1) is 12.7 Å². The first-order chi connectivity index (χ1) is 11.1. The van der Waals surface area contributed by atoms with E-state index in [1.54, 1.807) is 23.1 Å². The average Bonchev–Trinajstić information content (AvgIpc) is 2.57. The van der Waals surface area contributed by atoms with Crippen molar-refractivity contribution >= 4 is 5.91 Å². The predicted octanol–water partition coefficient (Wildman–Crippen LogP) is 2.61. The molecule has 1 saturated heterocycles. The third-order valence-electron chi connectivity index (χ3n) is 3.83.